The number of benzene rings is 1. The van der Waals surface area contributed by atoms with Gasteiger partial charge in [-0.25, -0.2) is 0 Å². The number of rotatable bonds is 4. The van der Waals surface area contributed by atoms with Crippen LogP contribution in [-0.4, -0.2) is 43.0 Å². The van der Waals surface area contributed by atoms with Gasteiger partial charge in [0.2, 0.25) is 5.91 Å². The number of halogens is 2. The summed E-state index contributed by atoms with van der Waals surface area (Å²) in [5.41, 5.74) is 2.35. The smallest absolute Gasteiger partial charge is 0.226 e. The Bertz CT molecular complexity index is 606. The van der Waals surface area contributed by atoms with E-state index < -0.39 is 0 Å². The molecular weight excluding hydrogens is 405 g/mol. The van der Waals surface area contributed by atoms with Gasteiger partial charge >= 0.3 is 0 Å². The average Bonchev–Trinajstić information content (AvgIpc) is 3.17. The summed E-state index contributed by atoms with van der Waals surface area (Å²) < 4.78 is 0. The standard InChI is InChI=1S/C23H37N3O.2ClH/c1-19(2)25-15-7-16-26(23(27)13-12-20-8-3-4-9-20)22-11-6-5-10-21(22)18-24-14-17-25;;/h5-6,10-11,19-20,24H,3-4,7-9,12-18H2,1-2H3;2*1H. The van der Waals surface area contributed by atoms with E-state index in [-0.39, 0.29) is 24.8 Å². The van der Waals surface area contributed by atoms with E-state index in [0.29, 0.717) is 18.4 Å². The van der Waals surface area contributed by atoms with Gasteiger partial charge in [0.25, 0.3) is 0 Å². The SMILES string of the molecule is CC(C)N1CCCN(C(=O)CCC2CCCC2)c2ccccc2CNCC1.Cl.Cl. The minimum Gasteiger partial charge on any atom is -0.312 e. The number of hydrogen-bond acceptors (Lipinski definition) is 3. The van der Waals surface area contributed by atoms with Crippen LogP contribution in [0.3, 0.4) is 0 Å². The second kappa shape index (κ2) is 13.5. The van der Waals surface area contributed by atoms with Gasteiger partial charge in [0.05, 0.1) is 0 Å². The Kier molecular flexibility index (Phi) is 12.2. The van der Waals surface area contributed by atoms with Gasteiger partial charge in [-0.2, -0.15) is 0 Å². The molecule has 1 heterocycles. The minimum absolute atomic E-state index is 0. The van der Waals surface area contributed by atoms with Crippen molar-refractivity contribution >= 4 is 36.4 Å². The van der Waals surface area contributed by atoms with Gasteiger partial charge in [-0.15, -0.1) is 24.8 Å². The minimum atomic E-state index is 0. The summed E-state index contributed by atoms with van der Waals surface area (Å²) in [7, 11) is 0. The molecule has 0 unspecified atom stereocenters. The fourth-order valence-corrected chi connectivity index (χ4v) is 4.57. The molecular formula is C23H39Cl2N3O. The Labute approximate surface area is 189 Å². The Morgan fingerprint density at radius 3 is 2.52 bits per heavy atom. The quantitative estimate of drug-likeness (QED) is 0.707. The van der Waals surface area contributed by atoms with Gasteiger partial charge in [-0.1, -0.05) is 43.9 Å². The first kappa shape index (κ1) is 26.2. The predicted molar refractivity (Wildman–Crippen MR) is 128 cm³/mol. The van der Waals surface area contributed by atoms with Crippen LogP contribution in [0.4, 0.5) is 5.69 Å². The lowest BCUT2D eigenvalue weighted by atomic mass is 10.0. The van der Waals surface area contributed by atoms with Crippen LogP contribution < -0.4 is 10.2 Å². The molecule has 166 valence electrons. The highest BCUT2D eigenvalue weighted by Crippen LogP contribution is 2.30. The number of nitrogens with zero attached hydrogens (tertiary/aromatic N) is 2. The molecule has 1 saturated carbocycles. The van der Waals surface area contributed by atoms with Gasteiger partial charge in [-0.05, 0) is 44.2 Å². The molecule has 0 aromatic heterocycles. The number of carbonyl (C=O) groups excluding carboxylic acids is 1. The molecule has 1 aromatic carbocycles. The Balaban J connectivity index is 0.00000210. The zero-order chi connectivity index (χ0) is 19.1. The maximum Gasteiger partial charge on any atom is 0.226 e. The van der Waals surface area contributed by atoms with E-state index in [1.54, 1.807) is 0 Å². The van der Waals surface area contributed by atoms with Crippen molar-refractivity contribution in [2.24, 2.45) is 5.92 Å². The van der Waals surface area contributed by atoms with Crippen molar-refractivity contribution in [3.63, 3.8) is 0 Å². The average molecular weight is 444 g/mol. The molecule has 0 atom stereocenters. The first-order valence-electron chi connectivity index (χ1n) is 11.0. The summed E-state index contributed by atoms with van der Waals surface area (Å²) in [5.74, 6) is 1.08. The fraction of sp³-hybridized carbons (Fsp3) is 0.696. The molecule has 6 heteroatoms. The van der Waals surface area contributed by atoms with Crippen LogP contribution in [0, 0.1) is 5.92 Å². The third kappa shape index (κ3) is 7.75. The van der Waals surface area contributed by atoms with Crippen LogP contribution in [0.2, 0.25) is 0 Å². The summed E-state index contributed by atoms with van der Waals surface area (Å²) in [6, 6.07) is 8.99. The molecule has 0 radical (unpaired) electrons. The van der Waals surface area contributed by atoms with Crippen LogP contribution in [-0.2, 0) is 11.3 Å². The number of anilines is 1. The van der Waals surface area contributed by atoms with Crippen molar-refractivity contribution < 1.29 is 4.79 Å². The Hall–Kier alpha value is -0.810. The lowest BCUT2D eigenvalue weighted by Crippen LogP contribution is -2.38. The lowest BCUT2D eigenvalue weighted by molar-refractivity contribution is -0.118. The first-order chi connectivity index (χ1) is 13.1. The summed E-state index contributed by atoms with van der Waals surface area (Å²) in [6.45, 7) is 9.28. The predicted octanol–water partition coefficient (Wildman–Crippen LogP) is 5.04. The number of nitrogens with one attached hydrogen (secondary N) is 1. The van der Waals surface area contributed by atoms with Gasteiger partial charge in [-0.3, -0.25) is 9.69 Å². The van der Waals surface area contributed by atoms with E-state index in [9.17, 15) is 4.79 Å². The van der Waals surface area contributed by atoms with Crippen molar-refractivity contribution in [3.05, 3.63) is 29.8 Å². The van der Waals surface area contributed by atoms with Gasteiger partial charge in [0.1, 0.15) is 0 Å². The molecule has 1 fully saturated rings. The third-order valence-electron chi connectivity index (χ3n) is 6.27. The van der Waals surface area contributed by atoms with Crippen LogP contribution in [0.1, 0.15) is 64.4 Å². The maximum absolute atomic E-state index is 13.2. The van der Waals surface area contributed by atoms with E-state index in [1.165, 1.54) is 31.2 Å². The number of carbonyl (C=O) groups is 1. The molecule has 4 nitrogen and oxygen atoms in total. The Morgan fingerprint density at radius 2 is 1.79 bits per heavy atom. The van der Waals surface area contributed by atoms with E-state index in [4.69, 9.17) is 0 Å². The molecule has 1 amide bonds. The van der Waals surface area contributed by atoms with E-state index in [2.05, 4.69) is 53.2 Å². The second-order valence-electron chi connectivity index (χ2n) is 8.52. The van der Waals surface area contributed by atoms with Gasteiger partial charge in [0, 0.05) is 50.9 Å². The Morgan fingerprint density at radius 1 is 1.07 bits per heavy atom. The second-order valence-corrected chi connectivity index (χ2v) is 8.52. The van der Waals surface area contributed by atoms with Gasteiger partial charge in [0.15, 0.2) is 0 Å². The molecule has 2 aliphatic rings. The molecule has 0 bridgehead atoms. The molecule has 1 aromatic rings. The molecule has 0 saturated heterocycles. The summed E-state index contributed by atoms with van der Waals surface area (Å²) >= 11 is 0. The number of para-hydroxylation sites is 1. The molecule has 1 aliphatic carbocycles. The van der Waals surface area contributed by atoms with Crippen molar-refractivity contribution in [2.45, 2.75) is 71.4 Å². The highest BCUT2D eigenvalue weighted by molar-refractivity contribution is 5.94. The zero-order valence-corrected chi connectivity index (χ0v) is 19.7. The summed E-state index contributed by atoms with van der Waals surface area (Å²) in [6.07, 6.45) is 8.12. The topological polar surface area (TPSA) is 35.6 Å². The van der Waals surface area contributed by atoms with Crippen molar-refractivity contribution in [1.82, 2.24) is 10.2 Å². The maximum atomic E-state index is 13.2. The third-order valence-corrected chi connectivity index (χ3v) is 6.27. The monoisotopic (exact) mass is 443 g/mol. The van der Waals surface area contributed by atoms with Crippen molar-refractivity contribution in [2.75, 3.05) is 31.1 Å². The normalized spacial score (nSPS) is 19.1. The van der Waals surface area contributed by atoms with Gasteiger partial charge < -0.3 is 10.2 Å². The number of hydrogen-bond donors (Lipinski definition) is 1. The molecule has 1 aliphatic heterocycles. The van der Waals surface area contributed by atoms with Crippen molar-refractivity contribution in [1.29, 1.82) is 0 Å². The molecule has 1 N–H and O–H groups in total. The zero-order valence-electron chi connectivity index (χ0n) is 18.1. The lowest BCUT2D eigenvalue weighted by Gasteiger charge is -2.28. The molecule has 0 spiro atoms. The highest BCUT2D eigenvalue weighted by Gasteiger charge is 2.22. The van der Waals surface area contributed by atoms with Crippen LogP contribution in [0.15, 0.2) is 24.3 Å². The van der Waals surface area contributed by atoms with Crippen LogP contribution in [0.25, 0.3) is 0 Å². The van der Waals surface area contributed by atoms with E-state index in [0.717, 1.165) is 57.2 Å². The first-order valence-corrected chi connectivity index (χ1v) is 11.0. The molecule has 29 heavy (non-hydrogen) atoms. The van der Waals surface area contributed by atoms with E-state index >= 15 is 0 Å². The van der Waals surface area contributed by atoms with Crippen LogP contribution in [0.5, 0.6) is 0 Å². The fourth-order valence-electron chi connectivity index (χ4n) is 4.57. The summed E-state index contributed by atoms with van der Waals surface area (Å²) in [5, 5.41) is 3.58. The number of amides is 1. The molecule has 3 rings (SSSR count). The highest BCUT2D eigenvalue weighted by atomic mass is 35.5. The number of fused-ring (bicyclic) bond motifs is 1. The van der Waals surface area contributed by atoms with E-state index in [1.807, 2.05) is 0 Å². The van der Waals surface area contributed by atoms with Crippen LogP contribution >= 0.6 is 24.8 Å². The largest absolute Gasteiger partial charge is 0.312 e. The summed E-state index contributed by atoms with van der Waals surface area (Å²) in [4.78, 5) is 17.8. The van der Waals surface area contributed by atoms with Crippen molar-refractivity contribution in [3.8, 4) is 0 Å².